The molecule has 0 radical (unpaired) electrons. The second kappa shape index (κ2) is 15.4. The van der Waals surface area contributed by atoms with Gasteiger partial charge in [-0.1, -0.05) is 24.3 Å². The Balaban J connectivity index is 1.47. The number of carbonyl (C=O) groups is 3. The average Bonchev–Trinajstić information content (AvgIpc) is 3.25. The molecule has 0 N–H and O–H groups in total. The van der Waals surface area contributed by atoms with Crippen LogP contribution < -0.4 is 9.47 Å². The largest absolute Gasteiger partial charge is 0.494 e. The summed E-state index contributed by atoms with van der Waals surface area (Å²) >= 11 is 0. The van der Waals surface area contributed by atoms with E-state index in [9.17, 15) is 14.4 Å². The lowest BCUT2D eigenvalue weighted by Gasteiger charge is -2.07. The fraction of sp³-hybridized carbons (Fsp3) is 0.387. The summed E-state index contributed by atoms with van der Waals surface area (Å²) in [6.07, 6.45) is 7.15. The van der Waals surface area contributed by atoms with E-state index in [4.69, 9.17) is 18.9 Å². The Morgan fingerprint density at radius 2 is 1.08 bits per heavy atom. The predicted octanol–water partition coefficient (Wildman–Crippen LogP) is 5.96. The molecule has 2 aromatic carbocycles. The van der Waals surface area contributed by atoms with Gasteiger partial charge in [-0.25, -0.2) is 0 Å². The summed E-state index contributed by atoms with van der Waals surface area (Å²) in [5.41, 5.74) is 3.47. The number of hydrogen-bond acceptors (Lipinski definition) is 7. The van der Waals surface area contributed by atoms with Gasteiger partial charge in [-0.15, -0.1) is 0 Å². The molecular formula is C31H36O7. The molecule has 0 atom stereocenters. The number of esters is 2. The fourth-order valence-electron chi connectivity index (χ4n) is 3.98. The van der Waals surface area contributed by atoms with Crippen LogP contribution in [0.1, 0.15) is 63.5 Å². The second-order valence-electron chi connectivity index (χ2n) is 8.82. The molecule has 0 saturated heterocycles. The molecule has 7 nitrogen and oxygen atoms in total. The van der Waals surface area contributed by atoms with Gasteiger partial charge in [-0.2, -0.15) is 0 Å². The Bertz CT molecular complexity index is 1040. The van der Waals surface area contributed by atoms with Crippen LogP contribution in [0.2, 0.25) is 0 Å². The van der Waals surface area contributed by atoms with E-state index in [0.29, 0.717) is 65.0 Å². The van der Waals surface area contributed by atoms with E-state index in [1.54, 1.807) is 13.8 Å². The zero-order valence-electron chi connectivity index (χ0n) is 22.2. The molecule has 2 aromatic rings. The second-order valence-corrected chi connectivity index (χ2v) is 8.82. The third kappa shape index (κ3) is 9.54. The highest BCUT2D eigenvalue weighted by atomic mass is 16.5. The molecule has 0 aliphatic heterocycles. The maximum absolute atomic E-state index is 12.9. The molecule has 38 heavy (non-hydrogen) atoms. The van der Waals surface area contributed by atoms with Crippen LogP contribution in [0.25, 0.3) is 12.2 Å². The molecule has 0 spiro atoms. The molecule has 3 rings (SSSR count). The van der Waals surface area contributed by atoms with Gasteiger partial charge in [0.2, 0.25) is 0 Å². The lowest BCUT2D eigenvalue weighted by atomic mass is 10.1. The minimum atomic E-state index is -0.210. The van der Waals surface area contributed by atoms with Crippen LogP contribution in [0.15, 0.2) is 59.7 Å². The monoisotopic (exact) mass is 520 g/mol. The van der Waals surface area contributed by atoms with Crippen LogP contribution in [0, 0.1) is 0 Å². The molecule has 0 heterocycles. The molecule has 0 unspecified atom stereocenters. The molecule has 0 amide bonds. The van der Waals surface area contributed by atoms with Gasteiger partial charge in [0.25, 0.3) is 0 Å². The van der Waals surface area contributed by atoms with Gasteiger partial charge in [-0.05, 0) is 87.1 Å². The first kappa shape index (κ1) is 28.7. The molecule has 1 fully saturated rings. The molecule has 1 saturated carbocycles. The third-order valence-corrected chi connectivity index (χ3v) is 5.89. The van der Waals surface area contributed by atoms with Crippen molar-refractivity contribution in [1.82, 2.24) is 0 Å². The highest BCUT2D eigenvalue weighted by Crippen LogP contribution is 2.30. The lowest BCUT2D eigenvalue weighted by molar-refractivity contribution is -0.144. The van der Waals surface area contributed by atoms with E-state index in [1.807, 2.05) is 60.7 Å². The van der Waals surface area contributed by atoms with E-state index in [0.717, 1.165) is 33.8 Å². The van der Waals surface area contributed by atoms with E-state index in [2.05, 4.69) is 0 Å². The smallest absolute Gasteiger partial charge is 0.305 e. The van der Waals surface area contributed by atoms with Crippen LogP contribution in [-0.2, 0) is 23.9 Å². The zero-order valence-corrected chi connectivity index (χ0v) is 22.2. The summed E-state index contributed by atoms with van der Waals surface area (Å²) in [5.74, 6) is 1.10. The summed E-state index contributed by atoms with van der Waals surface area (Å²) in [6, 6.07) is 15.2. The third-order valence-electron chi connectivity index (χ3n) is 5.89. The predicted molar refractivity (Wildman–Crippen MR) is 146 cm³/mol. The van der Waals surface area contributed by atoms with Crippen LogP contribution in [-0.4, -0.2) is 44.1 Å². The van der Waals surface area contributed by atoms with Gasteiger partial charge in [0.1, 0.15) is 11.5 Å². The van der Waals surface area contributed by atoms with Crippen molar-refractivity contribution >= 4 is 29.9 Å². The Kier molecular flexibility index (Phi) is 11.6. The fourth-order valence-corrected chi connectivity index (χ4v) is 3.98. The van der Waals surface area contributed by atoms with Crippen LogP contribution >= 0.6 is 0 Å². The van der Waals surface area contributed by atoms with Crippen molar-refractivity contribution in [2.45, 2.75) is 52.4 Å². The summed E-state index contributed by atoms with van der Waals surface area (Å²) in [4.78, 5) is 35.7. The highest BCUT2D eigenvalue weighted by molar-refractivity contribution is 6.15. The molecule has 1 aliphatic rings. The SMILES string of the molecule is CCOC(=O)CCCOc1ccc(/C=C2\CC/C(=C\c3ccc(OCCCC(=O)OCC)cc3)C2=O)cc1. The van der Waals surface area contributed by atoms with Crippen LogP contribution in [0.3, 0.4) is 0 Å². The summed E-state index contributed by atoms with van der Waals surface area (Å²) < 4.78 is 21.2. The first-order valence-electron chi connectivity index (χ1n) is 13.2. The summed E-state index contributed by atoms with van der Waals surface area (Å²) in [5, 5.41) is 0. The number of allylic oxidation sites excluding steroid dienone is 2. The maximum atomic E-state index is 12.9. The number of hydrogen-bond donors (Lipinski definition) is 0. The topological polar surface area (TPSA) is 88.1 Å². The Labute approximate surface area is 224 Å². The number of rotatable bonds is 14. The minimum absolute atomic E-state index is 0.0728. The van der Waals surface area contributed by atoms with Crippen molar-refractivity contribution in [3.8, 4) is 11.5 Å². The van der Waals surface area contributed by atoms with Crippen LogP contribution in [0.5, 0.6) is 11.5 Å². The summed E-state index contributed by atoms with van der Waals surface area (Å²) in [7, 11) is 0. The molecule has 0 aromatic heterocycles. The standard InChI is InChI=1S/C31H36O7/c1-3-35-29(32)7-5-19-37-27-15-9-23(10-16-27)21-25-13-14-26(31(25)34)22-24-11-17-28(18-12-24)38-20-6-8-30(33)36-4-2/h9-12,15-18,21-22H,3-8,13-14,19-20H2,1-2H3/b25-21+,26-22+. The van der Waals surface area contributed by atoms with Crippen molar-refractivity contribution in [2.75, 3.05) is 26.4 Å². The zero-order chi connectivity index (χ0) is 27.2. The Morgan fingerprint density at radius 3 is 1.45 bits per heavy atom. The van der Waals surface area contributed by atoms with E-state index < -0.39 is 0 Å². The van der Waals surface area contributed by atoms with Gasteiger partial charge in [-0.3, -0.25) is 14.4 Å². The summed E-state index contributed by atoms with van der Waals surface area (Å²) in [6.45, 7) is 5.24. The lowest BCUT2D eigenvalue weighted by Crippen LogP contribution is -2.06. The minimum Gasteiger partial charge on any atom is -0.494 e. The molecule has 0 bridgehead atoms. The van der Waals surface area contributed by atoms with Crippen LogP contribution in [0.4, 0.5) is 0 Å². The highest BCUT2D eigenvalue weighted by Gasteiger charge is 2.22. The number of ether oxygens (including phenoxy) is 4. The maximum Gasteiger partial charge on any atom is 0.305 e. The van der Waals surface area contributed by atoms with Crippen molar-refractivity contribution in [3.05, 3.63) is 70.8 Å². The average molecular weight is 521 g/mol. The molecule has 7 heteroatoms. The van der Waals surface area contributed by atoms with Gasteiger partial charge in [0.05, 0.1) is 26.4 Å². The number of Topliss-reactive ketones (excluding diaryl/α,β-unsaturated/α-hetero) is 1. The van der Waals surface area contributed by atoms with E-state index in [1.165, 1.54) is 0 Å². The Hall–Kier alpha value is -3.87. The first-order valence-corrected chi connectivity index (χ1v) is 13.2. The number of benzene rings is 2. The van der Waals surface area contributed by atoms with Gasteiger partial charge in [0, 0.05) is 24.0 Å². The van der Waals surface area contributed by atoms with Crippen molar-refractivity contribution in [1.29, 1.82) is 0 Å². The molecule has 202 valence electrons. The first-order chi connectivity index (χ1) is 18.5. The Morgan fingerprint density at radius 1 is 0.684 bits per heavy atom. The number of carbonyl (C=O) groups excluding carboxylic acids is 3. The molecular weight excluding hydrogens is 484 g/mol. The normalized spacial score (nSPS) is 15.1. The quantitative estimate of drug-likeness (QED) is 0.172. The molecule has 1 aliphatic carbocycles. The van der Waals surface area contributed by atoms with E-state index in [-0.39, 0.29) is 17.7 Å². The van der Waals surface area contributed by atoms with Crippen molar-refractivity contribution in [2.24, 2.45) is 0 Å². The van der Waals surface area contributed by atoms with Crippen molar-refractivity contribution in [3.63, 3.8) is 0 Å². The van der Waals surface area contributed by atoms with Gasteiger partial charge in [0.15, 0.2) is 5.78 Å². The number of ketones is 1. The van der Waals surface area contributed by atoms with Gasteiger partial charge < -0.3 is 18.9 Å². The van der Waals surface area contributed by atoms with Gasteiger partial charge >= 0.3 is 11.9 Å². The van der Waals surface area contributed by atoms with E-state index >= 15 is 0 Å². The van der Waals surface area contributed by atoms with Crippen molar-refractivity contribution < 1.29 is 33.3 Å².